The first-order valence-corrected chi connectivity index (χ1v) is 20.0. The molecule has 0 spiro atoms. The number of hydrogen-bond acceptors (Lipinski definition) is 3. The summed E-state index contributed by atoms with van der Waals surface area (Å²) in [5, 5.41) is 9.57. The zero-order valence-electron chi connectivity index (χ0n) is 31.7. The van der Waals surface area contributed by atoms with Gasteiger partial charge < -0.3 is 13.6 Å². The van der Waals surface area contributed by atoms with Gasteiger partial charge in [0, 0.05) is 54.8 Å². The Morgan fingerprint density at radius 1 is 0.322 bits per heavy atom. The van der Waals surface area contributed by atoms with Crippen LogP contribution in [0.5, 0.6) is 0 Å². The standard InChI is InChI=1S/C54H32N4O/c1-7-17-47-39(11-1)40-12-2-8-18-48(40)58(47)38-27-23-34-30-44-41-13-3-9-19-49(41)57(50(44)31-36(34)29-38)37-25-21-33(22-26-37)53-54(56-46-16-6-5-15-45(46)55-53)35-24-28-43-42-14-4-10-20-51(42)59-52(43)32-35/h1-32H. The fourth-order valence-electron chi connectivity index (χ4n) is 9.36. The predicted molar refractivity (Wildman–Crippen MR) is 244 cm³/mol. The van der Waals surface area contributed by atoms with Gasteiger partial charge in [-0.05, 0) is 95.7 Å². The van der Waals surface area contributed by atoms with Crippen LogP contribution in [0.3, 0.4) is 0 Å². The fraction of sp³-hybridized carbons (Fsp3) is 0. The third kappa shape index (κ3) is 4.79. The number of rotatable bonds is 4. The third-order valence-corrected chi connectivity index (χ3v) is 12.1. The van der Waals surface area contributed by atoms with E-state index in [0.29, 0.717) is 0 Å². The smallest absolute Gasteiger partial charge is 0.136 e. The Kier molecular flexibility index (Phi) is 6.66. The minimum atomic E-state index is 0.821. The normalized spacial score (nSPS) is 12.1. The quantitative estimate of drug-likeness (QED) is 0.180. The van der Waals surface area contributed by atoms with E-state index in [-0.39, 0.29) is 0 Å². The second kappa shape index (κ2) is 12.2. The molecule has 4 aromatic heterocycles. The minimum absolute atomic E-state index is 0.821. The maximum absolute atomic E-state index is 6.31. The molecule has 4 heterocycles. The number of aromatic nitrogens is 4. The predicted octanol–water partition coefficient (Wildman–Crippen LogP) is 14.2. The van der Waals surface area contributed by atoms with E-state index in [1.165, 1.54) is 48.9 Å². The fourth-order valence-corrected chi connectivity index (χ4v) is 9.36. The highest BCUT2D eigenvalue weighted by Gasteiger charge is 2.19. The molecule has 5 nitrogen and oxygen atoms in total. The van der Waals surface area contributed by atoms with E-state index < -0.39 is 0 Å². The largest absolute Gasteiger partial charge is 0.456 e. The van der Waals surface area contributed by atoms with Gasteiger partial charge in [0.25, 0.3) is 0 Å². The molecule has 0 unspecified atom stereocenters. The SMILES string of the molecule is c1ccc2nc(-c3ccc4c(c3)oc3ccccc34)c(-c3ccc(-n4c5ccccc5c5cc6ccc(-n7c8ccccc8c8ccccc87)cc6cc54)cc3)nc2c1. The Balaban J connectivity index is 0.969. The Labute approximate surface area is 337 Å². The summed E-state index contributed by atoms with van der Waals surface area (Å²) in [4.78, 5) is 10.4. The van der Waals surface area contributed by atoms with Gasteiger partial charge in [0.1, 0.15) is 11.2 Å². The van der Waals surface area contributed by atoms with Gasteiger partial charge in [-0.15, -0.1) is 0 Å². The van der Waals surface area contributed by atoms with Crippen LogP contribution in [0.2, 0.25) is 0 Å². The number of furan rings is 1. The van der Waals surface area contributed by atoms with Gasteiger partial charge in [0.2, 0.25) is 0 Å². The summed E-state index contributed by atoms with van der Waals surface area (Å²) < 4.78 is 11.1. The molecule has 0 aliphatic rings. The maximum Gasteiger partial charge on any atom is 0.136 e. The summed E-state index contributed by atoms with van der Waals surface area (Å²) in [6, 6.07) is 69.1. The number of hydrogen-bond donors (Lipinski definition) is 0. The van der Waals surface area contributed by atoms with Crippen molar-refractivity contribution in [2.45, 2.75) is 0 Å². The monoisotopic (exact) mass is 752 g/mol. The van der Waals surface area contributed by atoms with Gasteiger partial charge in [-0.25, -0.2) is 9.97 Å². The molecule has 9 aromatic carbocycles. The third-order valence-electron chi connectivity index (χ3n) is 12.1. The number of nitrogens with zero attached hydrogens (tertiary/aromatic N) is 4. The molecule has 0 N–H and O–H groups in total. The summed E-state index contributed by atoms with van der Waals surface area (Å²) >= 11 is 0. The van der Waals surface area contributed by atoms with Crippen molar-refractivity contribution in [3.63, 3.8) is 0 Å². The van der Waals surface area contributed by atoms with E-state index in [4.69, 9.17) is 14.4 Å². The molecule has 0 saturated heterocycles. The van der Waals surface area contributed by atoms with Crippen LogP contribution >= 0.6 is 0 Å². The van der Waals surface area contributed by atoms with Crippen LogP contribution in [0.1, 0.15) is 0 Å². The van der Waals surface area contributed by atoms with E-state index in [1.54, 1.807) is 0 Å². The van der Waals surface area contributed by atoms with Gasteiger partial charge >= 0.3 is 0 Å². The highest BCUT2D eigenvalue weighted by molar-refractivity contribution is 6.14. The molecule has 0 atom stereocenters. The van der Waals surface area contributed by atoms with E-state index in [1.807, 2.05) is 42.5 Å². The Morgan fingerprint density at radius 2 is 0.847 bits per heavy atom. The van der Waals surface area contributed by atoms with Crippen molar-refractivity contribution in [2.24, 2.45) is 0 Å². The molecule has 274 valence electrons. The highest BCUT2D eigenvalue weighted by atomic mass is 16.3. The molecule has 0 bridgehead atoms. The average Bonchev–Trinajstić information content (AvgIpc) is 3.95. The first-order valence-electron chi connectivity index (χ1n) is 20.0. The molecular formula is C54H32N4O. The zero-order valence-corrected chi connectivity index (χ0v) is 31.7. The number of fused-ring (bicyclic) bond motifs is 11. The Bertz CT molecular complexity index is 3800. The van der Waals surface area contributed by atoms with E-state index in [9.17, 15) is 0 Å². The van der Waals surface area contributed by atoms with Gasteiger partial charge in [-0.1, -0.05) is 109 Å². The van der Waals surface area contributed by atoms with Gasteiger partial charge in [0.15, 0.2) is 0 Å². The van der Waals surface area contributed by atoms with Crippen molar-refractivity contribution in [3.05, 3.63) is 194 Å². The molecule has 0 aliphatic carbocycles. The lowest BCUT2D eigenvalue weighted by Gasteiger charge is -2.13. The average molecular weight is 753 g/mol. The van der Waals surface area contributed by atoms with Crippen LogP contribution in [-0.2, 0) is 0 Å². The van der Waals surface area contributed by atoms with Gasteiger partial charge in [0.05, 0.1) is 44.5 Å². The van der Waals surface area contributed by atoms with Crippen molar-refractivity contribution in [1.29, 1.82) is 0 Å². The maximum atomic E-state index is 6.31. The van der Waals surface area contributed by atoms with Crippen molar-refractivity contribution >= 4 is 87.4 Å². The van der Waals surface area contributed by atoms with Crippen LogP contribution < -0.4 is 0 Å². The van der Waals surface area contributed by atoms with Crippen LogP contribution in [0.15, 0.2) is 199 Å². The van der Waals surface area contributed by atoms with Crippen molar-refractivity contribution in [3.8, 4) is 33.9 Å². The summed E-state index contributed by atoms with van der Waals surface area (Å²) in [5.41, 5.74) is 14.0. The lowest BCUT2D eigenvalue weighted by molar-refractivity contribution is 0.669. The summed E-state index contributed by atoms with van der Waals surface area (Å²) in [7, 11) is 0. The van der Waals surface area contributed by atoms with Gasteiger partial charge in [-0.3, -0.25) is 0 Å². The van der Waals surface area contributed by atoms with Crippen LogP contribution in [0.25, 0.3) is 121 Å². The first-order chi connectivity index (χ1) is 29.2. The molecular weight excluding hydrogens is 721 g/mol. The summed E-state index contributed by atoms with van der Waals surface area (Å²) in [6.07, 6.45) is 0. The molecule has 0 aliphatic heterocycles. The molecule has 59 heavy (non-hydrogen) atoms. The van der Waals surface area contributed by atoms with E-state index in [0.717, 1.165) is 72.4 Å². The Morgan fingerprint density at radius 3 is 1.54 bits per heavy atom. The second-order valence-corrected chi connectivity index (χ2v) is 15.4. The van der Waals surface area contributed by atoms with E-state index >= 15 is 0 Å². The minimum Gasteiger partial charge on any atom is -0.456 e. The molecule has 0 radical (unpaired) electrons. The summed E-state index contributed by atoms with van der Waals surface area (Å²) in [6.45, 7) is 0. The molecule has 0 saturated carbocycles. The zero-order chi connectivity index (χ0) is 38.6. The van der Waals surface area contributed by atoms with Crippen molar-refractivity contribution in [2.75, 3.05) is 0 Å². The highest BCUT2D eigenvalue weighted by Crippen LogP contribution is 2.39. The lowest BCUT2D eigenvalue weighted by atomic mass is 10.0. The molecule has 5 heteroatoms. The molecule has 13 aromatic rings. The first kappa shape index (κ1) is 32.1. The molecule has 0 fully saturated rings. The van der Waals surface area contributed by atoms with E-state index in [2.05, 4.69) is 161 Å². The van der Waals surface area contributed by atoms with Crippen LogP contribution in [-0.4, -0.2) is 19.1 Å². The van der Waals surface area contributed by atoms with Gasteiger partial charge in [-0.2, -0.15) is 0 Å². The van der Waals surface area contributed by atoms with Crippen molar-refractivity contribution in [1.82, 2.24) is 19.1 Å². The second-order valence-electron chi connectivity index (χ2n) is 15.4. The van der Waals surface area contributed by atoms with Crippen molar-refractivity contribution < 1.29 is 4.42 Å². The molecule has 0 amide bonds. The molecule has 13 rings (SSSR count). The summed E-state index contributed by atoms with van der Waals surface area (Å²) in [5.74, 6) is 0. The van der Waals surface area contributed by atoms with Crippen LogP contribution in [0, 0.1) is 0 Å². The lowest BCUT2D eigenvalue weighted by Crippen LogP contribution is -1.97. The Hall–Kier alpha value is -8.02. The number of benzene rings is 9. The number of para-hydroxylation sites is 6. The topological polar surface area (TPSA) is 48.8 Å². The van der Waals surface area contributed by atoms with Crippen LogP contribution in [0.4, 0.5) is 0 Å².